The monoisotopic (exact) mass is 265 g/mol. The number of unbranched alkanes of at least 4 members (excludes halogenated alkanes) is 1. The quantitative estimate of drug-likeness (QED) is 0.562. The summed E-state index contributed by atoms with van der Waals surface area (Å²) in [5.41, 5.74) is 0. The summed E-state index contributed by atoms with van der Waals surface area (Å²) in [5, 5.41) is 8.63. The number of hydrogen-bond acceptors (Lipinski definition) is 3. The molecule has 0 spiro atoms. The van der Waals surface area contributed by atoms with Gasteiger partial charge in [-0.15, -0.1) is 0 Å². The van der Waals surface area contributed by atoms with Crippen molar-refractivity contribution in [3.8, 4) is 17.6 Å². The second kappa shape index (κ2) is 7.91. The molecule has 0 heterocycles. The van der Waals surface area contributed by atoms with Crippen LogP contribution in [0.15, 0.2) is 60.7 Å². The SMILES string of the molecule is N#CCCCB(Oc1ccccc1)Oc1ccccc1. The van der Waals surface area contributed by atoms with Gasteiger partial charge >= 0.3 is 7.12 Å². The van der Waals surface area contributed by atoms with E-state index in [1.165, 1.54) is 0 Å². The molecule has 0 atom stereocenters. The number of nitrogens with zero attached hydrogens (tertiary/aromatic N) is 1. The first-order valence-corrected chi connectivity index (χ1v) is 6.69. The molecule has 20 heavy (non-hydrogen) atoms. The fourth-order valence-corrected chi connectivity index (χ4v) is 1.79. The lowest BCUT2D eigenvalue weighted by Crippen LogP contribution is -2.29. The van der Waals surface area contributed by atoms with Crippen molar-refractivity contribution in [1.29, 1.82) is 5.26 Å². The van der Waals surface area contributed by atoms with Crippen molar-refractivity contribution in [3.63, 3.8) is 0 Å². The predicted molar refractivity (Wildman–Crippen MR) is 79.5 cm³/mol. The first kappa shape index (κ1) is 14.0. The van der Waals surface area contributed by atoms with Gasteiger partial charge in [0.25, 0.3) is 0 Å². The van der Waals surface area contributed by atoms with Gasteiger partial charge in [-0.25, -0.2) is 0 Å². The van der Waals surface area contributed by atoms with Crippen molar-refractivity contribution in [1.82, 2.24) is 0 Å². The van der Waals surface area contributed by atoms with Crippen LogP contribution in [0.5, 0.6) is 11.5 Å². The number of para-hydroxylation sites is 2. The molecule has 0 N–H and O–H groups in total. The summed E-state index contributed by atoms with van der Waals surface area (Å²) >= 11 is 0. The Kier molecular flexibility index (Phi) is 5.54. The predicted octanol–water partition coefficient (Wildman–Crippen LogP) is 3.94. The van der Waals surface area contributed by atoms with Crippen LogP contribution in [0.4, 0.5) is 0 Å². The molecule has 0 aliphatic rings. The second-order valence-electron chi connectivity index (χ2n) is 4.34. The van der Waals surface area contributed by atoms with Gasteiger partial charge in [-0.05, 0) is 30.7 Å². The minimum atomic E-state index is -0.381. The van der Waals surface area contributed by atoms with Crippen molar-refractivity contribution in [2.24, 2.45) is 0 Å². The van der Waals surface area contributed by atoms with Crippen molar-refractivity contribution in [2.45, 2.75) is 19.2 Å². The Bertz CT molecular complexity index is 498. The molecular formula is C16H16BNO2. The van der Waals surface area contributed by atoms with Crippen molar-refractivity contribution in [3.05, 3.63) is 60.7 Å². The zero-order chi connectivity index (χ0) is 14.0. The minimum Gasteiger partial charge on any atom is -0.526 e. The molecular weight excluding hydrogens is 249 g/mol. The zero-order valence-electron chi connectivity index (χ0n) is 11.2. The smallest absolute Gasteiger partial charge is 0.526 e. The van der Waals surface area contributed by atoms with E-state index in [1.54, 1.807) is 0 Å². The van der Waals surface area contributed by atoms with E-state index in [0.717, 1.165) is 17.9 Å². The Morgan fingerprint density at radius 1 is 0.850 bits per heavy atom. The zero-order valence-corrected chi connectivity index (χ0v) is 11.2. The first-order valence-electron chi connectivity index (χ1n) is 6.69. The van der Waals surface area contributed by atoms with E-state index in [-0.39, 0.29) is 7.12 Å². The highest BCUT2D eigenvalue weighted by Crippen LogP contribution is 2.17. The highest BCUT2D eigenvalue weighted by molar-refractivity contribution is 6.46. The van der Waals surface area contributed by atoms with Crippen molar-refractivity contribution < 1.29 is 9.31 Å². The molecule has 0 bridgehead atoms. The molecule has 0 radical (unpaired) electrons. The lowest BCUT2D eigenvalue weighted by molar-refractivity contribution is 0.419. The average Bonchev–Trinajstić information content (AvgIpc) is 2.49. The lowest BCUT2D eigenvalue weighted by atomic mass is 9.82. The standard InChI is InChI=1S/C16H16BNO2/c18-14-8-7-13-17(19-15-9-3-1-4-10-15)20-16-11-5-2-6-12-16/h1-6,9-12H,7-8,13H2. The number of hydrogen-bond donors (Lipinski definition) is 0. The van der Waals surface area contributed by atoms with Crippen molar-refractivity contribution in [2.75, 3.05) is 0 Å². The second-order valence-corrected chi connectivity index (χ2v) is 4.34. The van der Waals surface area contributed by atoms with Gasteiger partial charge in [0.2, 0.25) is 0 Å². The van der Waals surface area contributed by atoms with Crippen LogP contribution in [0.25, 0.3) is 0 Å². The number of rotatable bonds is 7. The van der Waals surface area contributed by atoms with E-state index in [2.05, 4.69) is 6.07 Å². The maximum absolute atomic E-state index is 8.63. The topological polar surface area (TPSA) is 42.2 Å². The Morgan fingerprint density at radius 3 is 1.80 bits per heavy atom. The fourth-order valence-electron chi connectivity index (χ4n) is 1.79. The Hall–Kier alpha value is -2.41. The Labute approximate surface area is 119 Å². The molecule has 0 saturated carbocycles. The maximum atomic E-state index is 8.63. The molecule has 4 heteroatoms. The maximum Gasteiger partial charge on any atom is 0.594 e. The van der Waals surface area contributed by atoms with Crippen LogP contribution < -0.4 is 9.31 Å². The molecule has 100 valence electrons. The van der Waals surface area contributed by atoms with Gasteiger partial charge in [0, 0.05) is 12.7 Å². The van der Waals surface area contributed by atoms with Crippen LogP contribution in [0.3, 0.4) is 0 Å². The minimum absolute atomic E-state index is 0.381. The molecule has 3 nitrogen and oxygen atoms in total. The molecule has 0 aliphatic heterocycles. The normalized spacial score (nSPS) is 9.55. The van der Waals surface area contributed by atoms with E-state index in [0.29, 0.717) is 12.7 Å². The molecule has 0 amide bonds. The van der Waals surface area contributed by atoms with Crippen LogP contribution in [-0.2, 0) is 0 Å². The van der Waals surface area contributed by atoms with Gasteiger partial charge < -0.3 is 9.31 Å². The molecule has 2 aromatic rings. The lowest BCUT2D eigenvalue weighted by Gasteiger charge is -2.16. The summed E-state index contributed by atoms with van der Waals surface area (Å²) in [7, 11) is -0.381. The van der Waals surface area contributed by atoms with Gasteiger partial charge in [0.1, 0.15) is 11.5 Å². The molecule has 0 fully saturated rings. The van der Waals surface area contributed by atoms with Crippen LogP contribution in [-0.4, -0.2) is 7.12 Å². The van der Waals surface area contributed by atoms with Crippen LogP contribution in [0, 0.1) is 11.3 Å². The number of nitriles is 1. The largest absolute Gasteiger partial charge is 0.594 e. The summed E-state index contributed by atoms with van der Waals surface area (Å²) in [6.45, 7) is 0. The van der Waals surface area contributed by atoms with Gasteiger partial charge in [0.05, 0.1) is 6.07 Å². The van der Waals surface area contributed by atoms with Crippen molar-refractivity contribution >= 4 is 7.12 Å². The molecule has 0 unspecified atom stereocenters. The fraction of sp³-hybridized carbons (Fsp3) is 0.188. The van der Waals surface area contributed by atoms with Crippen LogP contribution in [0.2, 0.25) is 6.32 Å². The van der Waals surface area contributed by atoms with Crippen LogP contribution >= 0.6 is 0 Å². The molecule has 0 aromatic heterocycles. The third-order valence-electron chi connectivity index (χ3n) is 2.75. The highest BCUT2D eigenvalue weighted by atomic mass is 16.6. The molecule has 2 rings (SSSR count). The highest BCUT2D eigenvalue weighted by Gasteiger charge is 2.22. The van der Waals surface area contributed by atoms with Gasteiger partial charge in [0.15, 0.2) is 0 Å². The van der Waals surface area contributed by atoms with Gasteiger partial charge in [-0.1, -0.05) is 36.4 Å². The summed E-state index contributed by atoms with van der Waals surface area (Å²) in [6.07, 6.45) is 1.94. The van der Waals surface area contributed by atoms with Crippen LogP contribution in [0.1, 0.15) is 12.8 Å². The summed E-state index contributed by atoms with van der Waals surface area (Å²) < 4.78 is 11.7. The average molecular weight is 265 g/mol. The van der Waals surface area contributed by atoms with Gasteiger partial charge in [-0.2, -0.15) is 5.26 Å². The summed E-state index contributed by atoms with van der Waals surface area (Å²) in [6, 6.07) is 21.3. The third-order valence-corrected chi connectivity index (χ3v) is 2.75. The van der Waals surface area contributed by atoms with E-state index in [9.17, 15) is 0 Å². The summed E-state index contributed by atoms with van der Waals surface area (Å²) in [4.78, 5) is 0. The van der Waals surface area contributed by atoms with E-state index < -0.39 is 0 Å². The molecule has 0 saturated heterocycles. The Morgan fingerprint density at radius 2 is 1.35 bits per heavy atom. The van der Waals surface area contributed by atoms with E-state index in [4.69, 9.17) is 14.6 Å². The van der Waals surface area contributed by atoms with Gasteiger partial charge in [-0.3, -0.25) is 0 Å². The molecule has 2 aromatic carbocycles. The first-order chi connectivity index (χ1) is 9.88. The third kappa shape index (κ3) is 4.70. The summed E-state index contributed by atoms with van der Waals surface area (Å²) in [5.74, 6) is 1.54. The Balaban J connectivity index is 1.99. The van der Waals surface area contributed by atoms with E-state index in [1.807, 2.05) is 60.7 Å². The van der Waals surface area contributed by atoms with E-state index >= 15 is 0 Å². The number of benzene rings is 2. The molecule has 0 aliphatic carbocycles.